The number of urea groups is 1. The summed E-state index contributed by atoms with van der Waals surface area (Å²) in [4.78, 5) is 33.4. The topological polar surface area (TPSA) is 114 Å². The molecule has 5 rings (SSSR count). The summed E-state index contributed by atoms with van der Waals surface area (Å²) >= 11 is 1.20. The smallest absolute Gasteiger partial charge is 0.323 e. The summed E-state index contributed by atoms with van der Waals surface area (Å²) in [5, 5.41) is 13.3. The molecule has 9 nitrogen and oxygen atoms in total. The van der Waals surface area contributed by atoms with Crippen molar-refractivity contribution in [1.82, 2.24) is 24.8 Å². The van der Waals surface area contributed by atoms with Gasteiger partial charge < -0.3 is 14.8 Å². The van der Waals surface area contributed by atoms with Crippen LogP contribution in [0.3, 0.4) is 0 Å². The van der Waals surface area contributed by atoms with E-state index >= 15 is 0 Å². The molecule has 2 fully saturated rings. The number of carbonyl (C=O) groups is 1. The molecular weight excluding hydrogens is 424 g/mol. The second-order valence-electron chi connectivity index (χ2n) is 8.84. The molecule has 32 heavy (non-hydrogen) atoms. The number of nitrogens with zero attached hydrogens (tertiary/aromatic N) is 6. The first-order valence-corrected chi connectivity index (χ1v) is 11.8. The van der Waals surface area contributed by atoms with Crippen LogP contribution in [0.25, 0.3) is 11.0 Å². The first-order valence-electron chi connectivity index (χ1n) is 11.0. The number of nitrogens with one attached hydrogen (secondary N) is 2. The van der Waals surface area contributed by atoms with Gasteiger partial charge in [-0.3, -0.25) is 5.32 Å². The summed E-state index contributed by atoms with van der Waals surface area (Å²) in [6, 6.07) is 4.44. The Bertz CT molecular complexity index is 1150. The van der Waals surface area contributed by atoms with Crippen molar-refractivity contribution < 1.29 is 4.79 Å². The molecule has 166 valence electrons. The van der Waals surface area contributed by atoms with Gasteiger partial charge in [-0.15, -0.1) is 0 Å². The Morgan fingerprint density at radius 3 is 2.78 bits per heavy atom. The van der Waals surface area contributed by atoms with Gasteiger partial charge in [0.15, 0.2) is 5.13 Å². The first-order chi connectivity index (χ1) is 15.6. The molecule has 0 bridgehead atoms. The standard InChI is InChI=1S/C22H26N8OS/c1-29(19-17-4-9-24-18(17)26-14-27-19)15-2-5-22(6-3-15)7-10-30(11-8-22)21(31)28-20-25-13-16(12-23)32-20/h4,9,13-15H,2-3,5-8,10-11H2,1H3,(H,24,26,27)(H,25,28,31). The molecular formula is C22H26N8OS. The van der Waals surface area contributed by atoms with Gasteiger partial charge in [-0.2, -0.15) is 5.26 Å². The van der Waals surface area contributed by atoms with Crippen LogP contribution in [0.1, 0.15) is 43.4 Å². The summed E-state index contributed by atoms with van der Waals surface area (Å²) < 4.78 is 0. The van der Waals surface area contributed by atoms with Gasteiger partial charge in [0.2, 0.25) is 0 Å². The van der Waals surface area contributed by atoms with Crippen molar-refractivity contribution in [2.45, 2.75) is 44.6 Å². The monoisotopic (exact) mass is 450 g/mol. The van der Waals surface area contributed by atoms with Crippen LogP contribution in [-0.4, -0.2) is 57.0 Å². The molecule has 1 aliphatic carbocycles. The number of aromatic amines is 1. The van der Waals surface area contributed by atoms with Crippen molar-refractivity contribution in [3.8, 4) is 6.07 Å². The molecule has 0 unspecified atom stereocenters. The number of thiazole rings is 1. The molecule has 10 heteroatoms. The third-order valence-corrected chi connectivity index (χ3v) is 7.99. The maximum atomic E-state index is 12.6. The van der Waals surface area contributed by atoms with Crippen molar-refractivity contribution in [2.24, 2.45) is 5.41 Å². The molecule has 2 aliphatic rings. The fourth-order valence-electron chi connectivity index (χ4n) is 5.15. The Labute approximate surface area is 190 Å². The Morgan fingerprint density at radius 2 is 2.06 bits per heavy atom. The van der Waals surface area contributed by atoms with Gasteiger partial charge in [-0.25, -0.2) is 19.7 Å². The van der Waals surface area contributed by atoms with E-state index in [0.717, 1.165) is 55.6 Å². The molecule has 0 atom stereocenters. The summed E-state index contributed by atoms with van der Waals surface area (Å²) in [6.45, 7) is 1.53. The first kappa shape index (κ1) is 20.7. The summed E-state index contributed by atoms with van der Waals surface area (Å²) in [5.41, 5.74) is 1.21. The highest BCUT2D eigenvalue weighted by Crippen LogP contribution is 2.46. The normalized spacial score (nSPS) is 18.6. The highest BCUT2D eigenvalue weighted by molar-refractivity contribution is 7.16. The van der Waals surface area contributed by atoms with Gasteiger partial charge in [-0.05, 0) is 50.0 Å². The molecule has 1 spiro atoms. The largest absolute Gasteiger partial charge is 0.356 e. The fraction of sp³-hybridized carbons (Fsp3) is 0.500. The SMILES string of the molecule is CN(c1ncnc2[nH]ccc12)C1CCC2(CC1)CCN(C(=O)Nc1ncc(C#N)s1)CC2. The van der Waals surface area contributed by atoms with Gasteiger partial charge in [0.1, 0.15) is 28.7 Å². The lowest BCUT2D eigenvalue weighted by atomic mass is 9.67. The number of fused-ring (bicyclic) bond motifs is 1. The third-order valence-electron chi connectivity index (χ3n) is 7.17. The van der Waals surface area contributed by atoms with Gasteiger partial charge in [0, 0.05) is 32.4 Å². The van der Waals surface area contributed by atoms with Gasteiger partial charge >= 0.3 is 6.03 Å². The predicted molar refractivity (Wildman–Crippen MR) is 124 cm³/mol. The molecule has 2 amide bonds. The molecule has 1 saturated heterocycles. The molecule has 3 aromatic heterocycles. The lowest BCUT2D eigenvalue weighted by Crippen LogP contribution is -2.47. The fourth-order valence-corrected chi connectivity index (χ4v) is 5.76. The maximum absolute atomic E-state index is 12.6. The second kappa shape index (κ2) is 8.39. The number of H-pyrrole nitrogens is 1. The number of aromatic nitrogens is 4. The van der Waals surface area contributed by atoms with E-state index in [-0.39, 0.29) is 6.03 Å². The van der Waals surface area contributed by atoms with Crippen LogP contribution in [0.2, 0.25) is 0 Å². The van der Waals surface area contributed by atoms with Crippen LogP contribution in [0.4, 0.5) is 15.7 Å². The van der Waals surface area contributed by atoms with E-state index in [1.54, 1.807) is 6.33 Å². The zero-order chi connectivity index (χ0) is 22.1. The molecule has 1 aliphatic heterocycles. The predicted octanol–water partition coefficient (Wildman–Crippen LogP) is 3.98. The van der Waals surface area contributed by atoms with Crippen LogP contribution >= 0.6 is 11.3 Å². The molecule has 3 aromatic rings. The summed E-state index contributed by atoms with van der Waals surface area (Å²) in [6.07, 6.45) is 11.7. The van der Waals surface area contributed by atoms with Crippen LogP contribution in [0.5, 0.6) is 0 Å². The molecule has 2 N–H and O–H groups in total. The zero-order valence-corrected chi connectivity index (χ0v) is 18.9. The van der Waals surface area contributed by atoms with Gasteiger partial charge in [-0.1, -0.05) is 11.3 Å². The Balaban J connectivity index is 1.16. The minimum absolute atomic E-state index is 0.119. The van der Waals surface area contributed by atoms with Gasteiger partial charge in [0.25, 0.3) is 0 Å². The molecule has 0 radical (unpaired) electrons. The quantitative estimate of drug-likeness (QED) is 0.624. The summed E-state index contributed by atoms with van der Waals surface area (Å²) in [7, 11) is 2.14. The minimum Gasteiger partial charge on any atom is -0.356 e. The zero-order valence-electron chi connectivity index (χ0n) is 18.0. The summed E-state index contributed by atoms with van der Waals surface area (Å²) in [5.74, 6) is 0.991. The number of hydrogen-bond donors (Lipinski definition) is 2. The Morgan fingerprint density at radius 1 is 1.28 bits per heavy atom. The number of carbonyl (C=O) groups excluding carboxylic acids is 1. The average molecular weight is 451 g/mol. The van der Waals surface area contributed by atoms with Gasteiger partial charge in [0.05, 0.1) is 11.6 Å². The van der Waals surface area contributed by atoms with Crippen molar-refractivity contribution in [1.29, 1.82) is 5.26 Å². The third kappa shape index (κ3) is 3.88. The van der Waals surface area contributed by atoms with E-state index in [4.69, 9.17) is 5.26 Å². The van der Waals surface area contributed by atoms with Crippen molar-refractivity contribution in [3.63, 3.8) is 0 Å². The van der Waals surface area contributed by atoms with E-state index in [1.165, 1.54) is 30.4 Å². The Kier molecular flexibility index (Phi) is 5.43. The van der Waals surface area contributed by atoms with Crippen LogP contribution < -0.4 is 10.2 Å². The number of anilines is 2. The lowest BCUT2D eigenvalue weighted by molar-refractivity contribution is 0.0786. The Hall–Kier alpha value is -3.19. The minimum atomic E-state index is -0.119. The highest BCUT2D eigenvalue weighted by Gasteiger charge is 2.40. The van der Waals surface area contributed by atoms with Crippen LogP contribution in [0, 0.1) is 16.7 Å². The van der Waals surface area contributed by atoms with E-state index in [2.05, 4.69) is 37.2 Å². The van der Waals surface area contributed by atoms with Crippen molar-refractivity contribution >= 4 is 39.4 Å². The van der Waals surface area contributed by atoms with E-state index in [1.807, 2.05) is 23.2 Å². The highest BCUT2D eigenvalue weighted by atomic mass is 32.1. The van der Waals surface area contributed by atoms with Crippen molar-refractivity contribution in [3.05, 3.63) is 29.7 Å². The van der Waals surface area contributed by atoms with E-state index < -0.39 is 0 Å². The number of nitriles is 1. The molecule has 1 saturated carbocycles. The number of amides is 2. The second-order valence-corrected chi connectivity index (χ2v) is 9.87. The molecule has 4 heterocycles. The number of likely N-dealkylation sites (tertiary alicyclic amines) is 1. The van der Waals surface area contributed by atoms with Crippen LogP contribution in [-0.2, 0) is 0 Å². The van der Waals surface area contributed by atoms with Crippen molar-refractivity contribution in [2.75, 3.05) is 30.4 Å². The maximum Gasteiger partial charge on any atom is 0.323 e. The lowest BCUT2D eigenvalue weighted by Gasteiger charge is -2.47. The number of rotatable bonds is 3. The number of piperidine rings is 1. The van der Waals surface area contributed by atoms with E-state index in [9.17, 15) is 4.79 Å². The average Bonchev–Trinajstić information content (AvgIpc) is 3.49. The number of hydrogen-bond acceptors (Lipinski definition) is 7. The molecule has 0 aromatic carbocycles. The van der Waals surface area contributed by atoms with Crippen LogP contribution in [0.15, 0.2) is 24.8 Å². The van der Waals surface area contributed by atoms with E-state index in [0.29, 0.717) is 21.5 Å².